The molecule has 0 N–H and O–H groups in total. The van der Waals surface area contributed by atoms with Gasteiger partial charge in [-0.05, 0) is 42.8 Å². The number of hydrogen-bond acceptors (Lipinski definition) is 5. The van der Waals surface area contributed by atoms with Crippen molar-refractivity contribution in [2.24, 2.45) is 0 Å². The standard InChI is InChI=1S/C20H13F3N6.ClH/c21-20(22,23)13-10-12-3-4-14(26-18(12)25-11-13)5-6-17-27-19-15-2-1-8-24-16(15)7-9-29(19)28-17;/h1-4,7-11H,5-6H2;1H. The third kappa shape index (κ3) is 3.63. The van der Waals surface area contributed by atoms with E-state index in [-0.39, 0.29) is 18.1 Å². The van der Waals surface area contributed by atoms with E-state index in [2.05, 4.69) is 25.0 Å². The highest BCUT2D eigenvalue weighted by molar-refractivity contribution is 5.90. The first-order valence-corrected chi connectivity index (χ1v) is 8.89. The molecule has 10 heteroatoms. The van der Waals surface area contributed by atoms with Gasteiger partial charge in [0.15, 0.2) is 17.1 Å². The molecule has 0 unspecified atom stereocenters. The van der Waals surface area contributed by atoms with Crippen LogP contribution in [0, 0.1) is 0 Å². The molecular formula is C20H14ClF3N6. The Morgan fingerprint density at radius 1 is 0.967 bits per heavy atom. The highest BCUT2D eigenvalue weighted by atomic mass is 35.5. The van der Waals surface area contributed by atoms with Gasteiger partial charge in [-0.1, -0.05) is 0 Å². The van der Waals surface area contributed by atoms with Gasteiger partial charge in [0, 0.05) is 41.5 Å². The molecule has 0 amide bonds. The zero-order chi connectivity index (χ0) is 20.0. The van der Waals surface area contributed by atoms with Crippen molar-refractivity contribution in [3.05, 3.63) is 72.1 Å². The molecular weight excluding hydrogens is 417 g/mol. The SMILES string of the molecule is Cl.FC(F)(F)c1cnc2nc(CCc3nc4c5cccnc5ccn4n3)ccc2c1. The number of fused-ring (bicyclic) bond motifs is 4. The minimum Gasteiger partial charge on any atom is -0.256 e. The van der Waals surface area contributed by atoms with E-state index < -0.39 is 11.7 Å². The maximum Gasteiger partial charge on any atom is 0.417 e. The van der Waals surface area contributed by atoms with Crippen molar-refractivity contribution in [1.82, 2.24) is 29.5 Å². The van der Waals surface area contributed by atoms with Crippen LogP contribution < -0.4 is 0 Å². The van der Waals surface area contributed by atoms with Gasteiger partial charge in [-0.3, -0.25) is 4.98 Å². The quantitative estimate of drug-likeness (QED) is 0.423. The van der Waals surface area contributed by atoms with Crippen molar-refractivity contribution in [3.63, 3.8) is 0 Å². The lowest BCUT2D eigenvalue weighted by Crippen LogP contribution is -2.06. The molecule has 0 radical (unpaired) electrons. The zero-order valence-corrected chi connectivity index (χ0v) is 16.2. The average molecular weight is 431 g/mol. The van der Waals surface area contributed by atoms with E-state index in [1.165, 1.54) is 0 Å². The highest BCUT2D eigenvalue weighted by Gasteiger charge is 2.31. The fraction of sp³-hybridized carbons (Fsp3) is 0.150. The summed E-state index contributed by atoms with van der Waals surface area (Å²) >= 11 is 0. The molecule has 0 aliphatic carbocycles. The van der Waals surface area contributed by atoms with Crippen LogP contribution in [-0.2, 0) is 19.0 Å². The third-order valence-electron chi connectivity index (χ3n) is 4.66. The first kappa shape index (κ1) is 20.0. The van der Waals surface area contributed by atoms with Crippen molar-refractivity contribution in [3.8, 4) is 0 Å². The van der Waals surface area contributed by atoms with Crippen LogP contribution in [0.4, 0.5) is 13.2 Å². The van der Waals surface area contributed by atoms with Gasteiger partial charge in [0.05, 0.1) is 11.1 Å². The van der Waals surface area contributed by atoms with Crippen LogP contribution in [0.2, 0.25) is 0 Å². The van der Waals surface area contributed by atoms with Crippen molar-refractivity contribution >= 4 is 40.0 Å². The van der Waals surface area contributed by atoms with E-state index in [0.29, 0.717) is 24.1 Å². The second-order valence-corrected chi connectivity index (χ2v) is 6.62. The molecule has 0 fully saturated rings. The molecule has 0 saturated heterocycles. The Labute approximate surface area is 174 Å². The summed E-state index contributed by atoms with van der Waals surface area (Å²) in [5.74, 6) is 0.656. The summed E-state index contributed by atoms with van der Waals surface area (Å²) in [5, 5.41) is 5.76. The van der Waals surface area contributed by atoms with E-state index >= 15 is 0 Å². The van der Waals surface area contributed by atoms with Crippen LogP contribution in [0.25, 0.3) is 27.6 Å². The summed E-state index contributed by atoms with van der Waals surface area (Å²) in [6, 6.07) is 10.1. The van der Waals surface area contributed by atoms with Crippen LogP contribution in [0.1, 0.15) is 17.1 Å². The van der Waals surface area contributed by atoms with E-state index in [9.17, 15) is 13.2 Å². The summed E-state index contributed by atoms with van der Waals surface area (Å²) < 4.78 is 40.1. The Morgan fingerprint density at radius 3 is 2.67 bits per heavy atom. The number of aromatic nitrogens is 6. The van der Waals surface area contributed by atoms with Crippen LogP contribution in [0.15, 0.2) is 55.0 Å². The monoisotopic (exact) mass is 430 g/mol. The summed E-state index contributed by atoms with van der Waals surface area (Å²) in [7, 11) is 0. The summed E-state index contributed by atoms with van der Waals surface area (Å²) in [6.45, 7) is 0. The number of halogens is 4. The van der Waals surface area contributed by atoms with E-state index in [4.69, 9.17) is 0 Å². The summed E-state index contributed by atoms with van der Waals surface area (Å²) in [5.41, 5.74) is 1.80. The van der Waals surface area contributed by atoms with Gasteiger partial charge in [0.2, 0.25) is 0 Å². The molecule has 6 nitrogen and oxygen atoms in total. The molecule has 0 aliphatic heterocycles. The predicted molar refractivity (Wildman–Crippen MR) is 107 cm³/mol. The molecule has 152 valence electrons. The molecule has 30 heavy (non-hydrogen) atoms. The first-order valence-electron chi connectivity index (χ1n) is 8.89. The summed E-state index contributed by atoms with van der Waals surface area (Å²) in [6.07, 6.45) is 1.02. The van der Waals surface area contributed by atoms with Gasteiger partial charge < -0.3 is 0 Å². The van der Waals surface area contributed by atoms with Gasteiger partial charge in [-0.15, -0.1) is 12.4 Å². The number of pyridine rings is 4. The zero-order valence-electron chi connectivity index (χ0n) is 15.3. The van der Waals surface area contributed by atoms with E-state index in [1.807, 2.05) is 24.4 Å². The number of aryl methyl sites for hydroxylation is 2. The van der Waals surface area contributed by atoms with Gasteiger partial charge in [0.1, 0.15) is 0 Å². The Morgan fingerprint density at radius 2 is 1.83 bits per heavy atom. The predicted octanol–water partition coefficient (Wildman–Crippen LogP) is 4.45. The molecule has 5 aromatic heterocycles. The van der Waals surface area contributed by atoms with Crippen LogP contribution in [-0.4, -0.2) is 29.5 Å². The van der Waals surface area contributed by atoms with E-state index in [0.717, 1.165) is 34.5 Å². The van der Waals surface area contributed by atoms with Gasteiger partial charge >= 0.3 is 6.18 Å². The van der Waals surface area contributed by atoms with Crippen LogP contribution in [0.3, 0.4) is 0 Å². The number of alkyl halides is 3. The van der Waals surface area contributed by atoms with Gasteiger partial charge in [-0.2, -0.15) is 18.3 Å². The van der Waals surface area contributed by atoms with Crippen molar-refractivity contribution in [2.75, 3.05) is 0 Å². The Hall–Kier alpha value is -3.33. The lowest BCUT2D eigenvalue weighted by molar-refractivity contribution is -0.137. The molecule has 0 atom stereocenters. The molecule has 5 heterocycles. The Bertz CT molecular complexity index is 1370. The van der Waals surface area contributed by atoms with Gasteiger partial charge in [0.25, 0.3) is 0 Å². The molecule has 0 saturated carbocycles. The highest BCUT2D eigenvalue weighted by Crippen LogP contribution is 2.30. The molecule has 0 spiro atoms. The summed E-state index contributed by atoms with van der Waals surface area (Å²) in [4.78, 5) is 17.1. The lowest BCUT2D eigenvalue weighted by atomic mass is 10.1. The van der Waals surface area contributed by atoms with Crippen molar-refractivity contribution in [1.29, 1.82) is 0 Å². The van der Waals surface area contributed by atoms with Crippen LogP contribution >= 0.6 is 12.4 Å². The Balaban J connectivity index is 0.00000218. The first-order chi connectivity index (χ1) is 14.0. The maximum atomic E-state index is 12.8. The number of hydrogen-bond donors (Lipinski definition) is 0. The molecule has 5 rings (SSSR count). The second-order valence-electron chi connectivity index (χ2n) is 6.62. The minimum atomic E-state index is -4.42. The topological polar surface area (TPSA) is 68.9 Å². The molecule has 0 aromatic carbocycles. The number of nitrogens with zero attached hydrogens (tertiary/aromatic N) is 6. The smallest absolute Gasteiger partial charge is 0.256 e. The fourth-order valence-corrected chi connectivity index (χ4v) is 3.23. The number of rotatable bonds is 3. The van der Waals surface area contributed by atoms with Crippen molar-refractivity contribution in [2.45, 2.75) is 19.0 Å². The minimum absolute atomic E-state index is 0. The van der Waals surface area contributed by atoms with Crippen molar-refractivity contribution < 1.29 is 13.2 Å². The normalized spacial score (nSPS) is 11.8. The van der Waals surface area contributed by atoms with Crippen LogP contribution in [0.5, 0.6) is 0 Å². The molecule has 0 aliphatic rings. The third-order valence-corrected chi connectivity index (χ3v) is 4.66. The average Bonchev–Trinajstić information content (AvgIpc) is 3.15. The van der Waals surface area contributed by atoms with E-state index in [1.54, 1.807) is 22.8 Å². The largest absolute Gasteiger partial charge is 0.417 e. The second kappa shape index (κ2) is 7.49. The lowest BCUT2D eigenvalue weighted by Gasteiger charge is -2.07. The molecule has 0 bridgehead atoms. The maximum absolute atomic E-state index is 12.8. The van der Waals surface area contributed by atoms with Gasteiger partial charge in [-0.25, -0.2) is 19.5 Å². The fourth-order valence-electron chi connectivity index (χ4n) is 3.23. The Kier molecular flexibility index (Phi) is 4.98. The molecule has 5 aromatic rings.